The van der Waals surface area contributed by atoms with Gasteiger partial charge < -0.3 is 16.2 Å². The Morgan fingerprint density at radius 3 is 2.19 bits per heavy atom. The summed E-state index contributed by atoms with van der Waals surface area (Å²) in [5.74, 6) is 0.112. The minimum Gasteiger partial charge on any atom is -0.393 e. The molecule has 0 bridgehead atoms. The van der Waals surface area contributed by atoms with Crippen LogP contribution in [0.25, 0.3) is 0 Å². The van der Waals surface area contributed by atoms with Crippen LogP contribution in [-0.2, 0) is 4.79 Å². The Morgan fingerprint density at radius 2 is 1.81 bits per heavy atom. The lowest BCUT2D eigenvalue weighted by molar-refractivity contribution is -0.125. The maximum atomic E-state index is 11.5. The van der Waals surface area contributed by atoms with Crippen molar-refractivity contribution in [3.63, 3.8) is 0 Å². The highest BCUT2D eigenvalue weighted by Crippen LogP contribution is 2.05. The number of nitrogens with two attached hydrogens (primary N) is 1. The third kappa shape index (κ3) is 7.91. The predicted molar refractivity (Wildman–Crippen MR) is 68.5 cm³/mol. The zero-order valence-electron chi connectivity index (χ0n) is 10.6. The van der Waals surface area contributed by atoms with Crippen LogP contribution in [0.1, 0.15) is 34.1 Å². The van der Waals surface area contributed by atoms with E-state index in [-0.39, 0.29) is 42.3 Å². The largest absolute Gasteiger partial charge is 0.393 e. The van der Waals surface area contributed by atoms with E-state index in [1.807, 2.05) is 20.8 Å². The summed E-state index contributed by atoms with van der Waals surface area (Å²) in [6.45, 7) is 8.00. The Bertz CT molecular complexity index is 198. The number of rotatable bonds is 6. The number of carbonyl (C=O) groups is 1. The van der Waals surface area contributed by atoms with E-state index in [4.69, 9.17) is 10.8 Å². The average Bonchev–Trinajstić information content (AvgIpc) is 2.11. The fourth-order valence-electron chi connectivity index (χ4n) is 1.34. The first kappa shape index (κ1) is 18.1. The van der Waals surface area contributed by atoms with E-state index < -0.39 is 0 Å². The molecule has 0 aromatic rings. The Balaban J connectivity index is 0. The fourth-order valence-corrected chi connectivity index (χ4v) is 1.34. The minimum absolute atomic E-state index is 0. The van der Waals surface area contributed by atoms with Crippen LogP contribution in [0.15, 0.2) is 0 Å². The predicted octanol–water partition coefficient (Wildman–Crippen LogP) is 0.915. The molecule has 0 aliphatic carbocycles. The molecular weight excluding hydrogens is 228 g/mol. The molecule has 16 heavy (non-hydrogen) atoms. The van der Waals surface area contributed by atoms with E-state index in [0.29, 0.717) is 13.0 Å². The summed E-state index contributed by atoms with van der Waals surface area (Å²) >= 11 is 0. The van der Waals surface area contributed by atoms with Gasteiger partial charge in [0.15, 0.2) is 0 Å². The molecule has 4 unspecified atom stereocenters. The van der Waals surface area contributed by atoms with Crippen LogP contribution < -0.4 is 11.1 Å². The second-order valence-electron chi connectivity index (χ2n) is 4.58. The van der Waals surface area contributed by atoms with Crippen LogP contribution in [-0.4, -0.2) is 29.7 Å². The van der Waals surface area contributed by atoms with Crippen LogP contribution in [0.4, 0.5) is 0 Å². The van der Waals surface area contributed by atoms with E-state index in [9.17, 15) is 4.79 Å². The van der Waals surface area contributed by atoms with Crippen molar-refractivity contribution in [2.75, 3.05) is 6.54 Å². The van der Waals surface area contributed by atoms with Crippen molar-refractivity contribution in [1.29, 1.82) is 0 Å². The Hall–Kier alpha value is -0.320. The van der Waals surface area contributed by atoms with E-state index >= 15 is 0 Å². The number of hydrogen-bond donors (Lipinski definition) is 3. The first-order chi connectivity index (χ1) is 6.84. The van der Waals surface area contributed by atoms with Crippen LogP contribution in [0.3, 0.4) is 0 Å². The summed E-state index contributed by atoms with van der Waals surface area (Å²) < 4.78 is 0. The zero-order chi connectivity index (χ0) is 12.0. The maximum absolute atomic E-state index is 11.5. The molecule has 0 aliphatic heterocycles. The number of aliphatic hydroxyl groups is 1. The summed E-state index contributed by atoms with van der Waals surface area (Å²) in [6, 6.07) is -0.128. The van der Waals surface area contributed by atoms with Gasteiger partial charge in [-0.05, 0) is 26.2 Å². The highest BCUT2D eigenvalue weighted by Gasteiger charge is 2.17. The summed E-state index contributed by atoms with van der Waals surface area (Å²) in [7, 11) is 0. The number of amides is 1. The van der Waals surface area contributed by atoms with E-state index in [1.165, 1.54) is 0 Å². The topological polar surface area (TPSA) is 75.3 Å². The molecule has 0 saturated carbocycles. The van der Waals surface area contributed by atoms with Gasteiger partial charge in [0, 0.05) is 18.5 Å². The van der Waals surface area contributed by atoms with Gasteiger partial charge in [0.2, 0.25) is 5.91 Å². The lowest BCUT2D eigenvalue weighted by atomic mass is 10.0. The molecule has 4 N–H and O–H groups in total. The first-order valence-corrected chi connectivity index (χ1v) is 5.56. The van der Waals surface area contributed by atoms with Gasteiger partial charge in [0.05, 0.1) is 6.10 Å². The van der Waals surface area contributed by atoms with Crippen LogP contribution in [0, 0.1) is 11.8 Å². The molecule has 98 valence electrons. The van der Waals surface area contributed by atoms with Gasteiger partial charge in [-0.25, -0.2) is 0 Å². The summed E-state index contributed by atoms with van der Waals surface area (Å²) in [4.78, 5) is 11.5. The van der Waals surface area contributed by atoms with Crippen molar-refractivity contribution < 1.29 is 9.90 Å². The molecular formula is C11H25ClN2O2. The smallest absolute Gasteiger partial charge is 0.224 e. The van der Waals surface area contributed by atoms with Crippen molar-refractivity contribution in [3.8, 4) is 0 Å². The molecule has 0 aliphatic rings. The summed E-state index contributed by atoms with van der Waals surface area (Å²) in [5.41, 5.74) is 5.62. The van der Waals surface area contributed by atoms with Gasteiger partial charge in [0.1, 0.15) is 0 Å². The van der Waals surface area contributed by atoms with Gasteiger partial charge in [-0.15, -0.1) is 12.4 Å². The molecule has 0 fully saturated rings. The lowest BCUT2D eigenvalue weighted by Crippen LogP contribution is -2.40. The number of halogens is 1. The zero-order valence-corrected chi connectivity index (χ0v) is 11.4. The second-order valence-corrected chi connectivity index (χ2v) is 4.58. The second kappa shape index (κ2) is 8.79. The molecule has 0 rings (SSSR count). The first-order valence-electron chi connectivity index (χ1n) is 5.56. The Morgan fingerprint density at radius 1 is 1.31 bits per heavy atom. The molecule has 0 aromatic heterocycles. The number of aliphatic hydroxyl groups excluding tert-OH is 1. The van der Waals surface area contributed by atoms with Gasteiger partial charge in [-0.1, -0.05) is 13.8 Å². The summed E-state index contributed by atoms with van der Waals surface area (Å²) in [6.07, 6.45) is 0.384. The van der Waals surface area contributed by atoms with Crippen molar-refractivity contribution in [3.05, 3.63) is 0 Å². The normalized spacial score (nSPS) is 17.9. The number of carbonyl (C=O) groups excluding carboxylic acids is 1. The van der Waals surface area contributed by atoms with E-state index in [1.54, 1.807) is 6.92 Å². The summed E-state index contributed by atoms with van der Waals surface area (Å²) in [5, 5.41) is 12.0. The van der Waals surface area contributed by atoms with Gasteiger partial charge in [-0.3, -0.25) is 4.79 Å². The van der Waals surface area contributed by atoms with Gasteiger partial charge >= 0.3 is 0 Å². The molecule has 0 heterocycles. The molecule has 1 amide bonds. The molecule has 0 spiro atoms. The molecule has 0 radical (unpaired) electrons. The average molecular weight is 253 g/mol. The highest BCUT2D eigenvalue weighted by molar-refractivity contribution is 5.85. The molecule has 4 atom stereocenters. The van der Waals surface area contributed by atoms with Crippen molar-refractivity contribution in [1.82, 2.24) is 5.32 Å². The van der Waals surface area contributed by atoms with Gasteiger partial charge in [-0.2, -0.15) is 0 Å². The molecule has 0 aromatic carbocycles. The van der Waals surface area contributed by atoms with Crippen molar-refractivity contribution in [2.24, 2.45) is 17.6 Å². The Labute approximate surface area is 104 Å². The monoisotopic (exact) mass is 252 g/mol. The molecule has 4 nitrogen and oxygen atoms in total. The SMILES string of the molecule is CC(O)CC(C)CNC(=O)C(C)C(C)N.Cl. The standard InChI is InChI=1S/C11H24N2O2.ClH/c1-7(5-8(2)14)6-13-11(15)9(3)10(4)12;/h7-10,14H,5-6,12H2,1-4H3,(H,13,15);1H. The fraction of sp³-hybridized carbons (Fsp3) is 0.909. The van der Waals surface area contributed by atoms with Gasteiger partial charge in [0.25, 0.3) is 0 Å². The quantitative estimate of drug-likeness (QED) is 0.658. The van der Waals surface area contributed by atoms with Crippen LogP contribution in [0.5, 0.6) is 0 Å². The third-order valence-corrected chi connectivity index (χ3v) is 2.57. The minimum atomic E-state index is -0.317. The van der Waals surface area contributed by atoms with E-state index in [2.05, 4.69) is 5.32 Å². The maximum Gasteiger partial charge on any atom is 0.224 e. The van der Waals surface area contributed by atoms with Crippen LogP contribution >= 0.6 is 12.4 Å². The number of hydrogen-bond acceptors (Lipinski definition) is 3. The third-order valence-electron chi connectivity index (χ3n) is 2.57. The van der Waals surface area contributed by atoms with Crippen LogP contribution in [0.2, 0.25) is 0 Å². The lowest BCUT2D eigenvalue weighted by Gasteiger charge is -2.18. The highest BCUT2D eigenvalue weighted by atomic mass is 35.5. The Kier molecular flexibility index (Phi) is 9.92. The molecule has 5 heteroatoms. The molecule has 0 saturated heterocycles. The number of nitrogens with one attached hydrogen (secondary N) is 1. The van der Waals surface area contributed by atoms with E-state index in [0.717, 1.165) is 0 Å². The van der Waals surface area contributed by atoms with Crippen molar-refractivity contribution >= 4 is 18.3 Å². The van der Waals surface area contributed by atoms with Crippen molar-refractivity contribution in [2.45, 2.75) is 46.3 Å².